The topological polar surface area (TPSA) is 299 Å². The predicted octanol–water partition coefficient (Wildman–Crippen LogP) is 15.9. The lowest BCUT2D eigenvalue weighted by Crippen LogP contribution is -2.28. The number of nitrogens with two attached hydrogens (primary N) is 4. The number of fused-ring (bicyclic) bond motifs is 4. The smallest absolute Gasteiger partial charge is 0.338 e. The second kappa shape index (κ2) is 32.7. The molecule has 4 saturated heterocycles. The van der Waals surface area contributed by atoms with Crippen molar-refractivity contribution in [3.05, 3.63) is 214 Å². The van der Waals surface area contributed by atoms with Crippen molar-refractivity contribution in [3.8, 4) is 75.7 Å². The van der Waals surface area contributed by atoms with Crippen LogP contribution in [0.2, 0.25) is 5.02 Å². The van der Waals surface area contributed by atoms with Crippen molar-refractivity contribution in [1.82, 2.24) is 78.7 Å². The minimum atomic E-state index is -0.311. The van der Waals surface area contributed by atoms with E-state index in [0.29, 0.717) is 64.8 Å². The summed E-state index contributed by atoms with van der Waals surface area (Å²) in [5.41, 5.74) is 43.4. The molecule has 27 heteroatoms. The number of rotatable bonds is 13. The molecule has 4 fully saturated rings. The van der Waals surface area contributed by atoms with E-state index in [-0.39, 0.29) is 5.97 Å². The van der Waals surface area contributed by atoms with Crippen molar-refractivity contribution < 1.29 is 9.53 Å². The van der Waals surface area contributed by atoms with Gasteiger partial charge in [-0.3, -0.25) is 17.6 Å². The highest BCUT2D eigenvalue weighted by Gasteiger charge is 2.27. The maximum Gasteiger partial charge on any atom is 0.338 e. The molecule has 4 aliphatic rings. The molecule has 22 nitrogen and oxygen atoms in total. The highest BCUT2D eigenvalue weighted by molar-refractivity contribution is 7.15. The van der Waals surface area contributed by atoms with Crippen molar-refractivity contribution in [2.75, 3.05) is 81.9 Å². The molecule has 0 radical (unpaired) electrons. The average Bonchev–Trinajstić information content (AvgIpc) is 1.64. The molecule has 1 unspecified atom stereocenters. The number of benzene rings is 3. The highest BCUT2D eigenvalue weighted by atomic mass is 35.5. The fraction of sp³-hybridized carbons (Fsp3) is 0.272. The highest BCUT2D eigenvalue weighted by Crippen LogP contribution is 2.41. The van der Waals surface area contributed by atoms with Crippen molar-refractivity contribution in [2.45, 2.75) is 82.0 Å². The van der Waals surface area contributed by atoms with Gasteiger partial charge in [0.1, 0.15) is 0 Å². The second-order valence-electron chi connectivity index (χ2n) is 27.4. The Balaban J connectivity index is 0.000000110. The number of nitrogens with one attached hydrogen (secondary N) is 4. The Hall–Kier alpha value is -10.3. The first-order valence-corrected chi connectivity index (χ1v) is 40.6. The van der Waals surface area contributed by atoms with Crippen LogP contribution in [0.3, 0.4) is 0 Å². The maximum atomic E-state index is 11.9. The van der Waals surface area contributed by atoms with Crippen LogP contribution in [0.1, 0.15) is 115 Å². The number of nitrogen functional groups attached to an aromatic ring is 4. The largest absolute Gasteiger partial charge is 0.462 e. The Labute approximate surface area is 645 Å². The molecule has 108 heavy (non-hydrogen) atoms. The number of thiophene rings is 4. The van der Waals surface area contributed by atoms with Gasteiger partial charge in [0.05, 0.1) is 102 Å². The van der Waals surface area contributed by atoms with Gasteiger partial charge in [-0.05, 0) is 165 Å². The van der Waals surface area contributed by atoms with E-state index >= 15 is 0 Å². The van der Waals surface area contributed by atoms with Gasteiger partial charge in [-0.2, -0.15) is 0 Å². The van der Waals surface area contributed by atoms with E-state index in [9.17, 15) is 4.79 Å². The zero-order valence-electron chi connectivity index (χ0n) is 59.7. The van der Waals surface area contributed by atoms with Crippen LogP contribution in [0, 0.1) is 0 Å². The number of carbonyl (C=O) groups is 1. The van der Waals surface area contributed by atoms with E-state index in [1.807, 2.05) is 71.7 Å². The van der Waals surface area contributed by atoms with Crippen LogP contribution in [-0.4, -0.2) is 122 Å². The van der Waals surface area contributed by atoms with Gasteiger partial charge in [0.25, 0.3) is 0 Å². The number of halogens is 1. The third-order valence-corrected chi connectivity index (χ3v) is 24.4. The molecular weight excluding hydrogens is 1450 g/mol. The quantitative estimate of drug-likeness (QED) is 0.0498. The number of aromatic nitrogens is 12. The molecule has 4 atom stereocenters. The number of piperidine rings is 4. The summed E-state index contributed by atoms with van der Waals surface area (Å²) < 4.78 is 13.4. The lowest BCUT2D eigenvalue weighted by atomic mass is 9.97. The van der Waals surface area contributed by atoms with Gasteiger partial charge >= 0.3 is 5.97 Å². The summed E-state index contributed by atoms with van der Waals surface area (Å²) in [6, 6.07) is 37.2. The first-order chi connectivity index (χ1) is 53.0. The van der Waals surface area contributed by atoms with Gasteiger partial charge in [0.2, 0.25) is 0 Å². The monoisotopic (exact) mass is 1530 g/mol. The van der Waals surface area contributed by atoms with E-state index in [1.54, 1.807) is 52.5 Å². The van der Waals surface area contributed by atoms with Gasteiger partial charge in [-0.25, -0.2) is 44.7 Å². The number of anilines is 4. The van der Waals surface area contributed by atoms with E-state index in [0.717, 1.165) is 172 Å². The Bertz CT molecular complexity index is 5600. The number of carbonyl (C=O) groups excluding carboxylic acids is 1. The number of hydrogen-bond donors (Lipinski definition) is 8. The molecule has 16 heterocycles. The summed E-state index contributed by atoms with van der Waals surface area (Å²) in [5.74, 6) is 3.20. The molecule has 0 spiro atoms. The fourth-order valence-electron chi connectivity index (χ4n) is 14.6. The molecule has 0 amide bonds. The minimum absolute atomic E-state index is 0.311. The first-order valence-electron chi connectivity index (χ1n) is 36.7. The summed E-state index contributed by atoms with van der Waals surface area (Å²) in [6.45, 7) is 10.3. The SMILES string of the molecule is CCOC(=O)c1csc(-c2cnc(N)c3nc([C@H]4CCCNC4)cn23)c1.Nc1ncc(-c2cc(-c3ccc(Cl)cc3)cs2)n2cc([C@H]3CCCNC3)nc12.Nc1ncc(-c2cc(-c3ccccc3)cs2)n2cc([C@H]3CCCNC3)nc12.Nc1ncc(-c2sccc2-c2ccccc2)n2cc(C3CCCNC3)nc12. The van der Waals surface area contributed by atoms with Gasteiger partial charge in [-0.15, -0.1) is 45.3 Å². The predicted molar refractivity (Wildman–Crippen MR) is 440 cm³/mol. The molecule has 0 saturated carbocycles. The lowest BCUT2D eigenvalue weighted by molar-refractivity contribution is 0.0527. The third kappa shape index (κ3) is 15.5. The van der Waals surface area contributed by atoms with E-state index < -0.39 is 0 Å². The summed E-state index contributed by atoms with van der Waals surface area (Å²) in [4.78, 5) is 53.1. The first kappa shape index (κ1) is 72.0. The standard InChI is InChI=1S/C21H20ClN5S.2C21H21N5S.C18H21N5O2S/c22-16-5-3-13(4-6-16)15-8-19(28-12-15)18-10-25-20(23)21-26-17(11-27(18)21)14-2-1-7-24-9-14;22-20-21-25-17(15-7-4-9-23-11-15)13-26(21)18(12-24-20)19-16(8-10-27-19)14-5-2-1-3-6-14;22-20-21-25-17(15-7-4-8-23-10-15)12-26(21)18(11-24-20)19-9-16(13-27-19)14-5-2-1-3-6-14;1-2-25-18(24)12-6-15(26-10-12)14-8-21-16(19)17-22-13(9-23(14)17)11-4-3-5-20-7-11/h3-6,8,10-12,14,24H,1-2,7,9H2,(H2,23,25);1-3,5-6,8,10,12-13,15,23H,4,7,9,11H2,(H2,22,24);1-3,5-6,9,11-13,15,23H,4,7-8,10H2,(H2,22,24);6,8-11,20H,2-5,7H2,1H3,(H2,19,21)/t14-;;15-;11-/m0.00/s1. The van der Waals surface area contributed by atoms with Crippen molar-refractivity contribution >= 4 is 109 Å². The number of hydrogen-bond acceptors (Lipinski definition) is 22. The molecule has 12 aromatic heterocycles. The lowest BCUT2D eigenvalue weighted by Gasteiger charge is -2.20. The number of nitrogens with zero attached hydrogens (tertiary/aromatic N) is 12. The van der Waals surface area contributed by atoms with Crippen LogP contribution in [0.4, 0.5) is 23.3 Å². The van der Waals surface area contributed by atoms with Gasteiger partial charge in [0.15, 0.2) is 45.9 Å². The Morgan fingerprint density at radius 1 is 0.454 bits per heavy atom. The van der Waals surface area contributed by atoms with E-state index in [1.165, 1.54) is 63.3 Å². The van der Waals surface area contributed by atoms with Crippen LogP contribution >= 0.6 is 56.9 Å². The Morgan fingerprint density at radius 3 is 1.22 bits per heavy atom. The van der Waals surface area contributed by atoms with Crippen LogP contribution in [0.15, 0.2) is 180 Å². The van der Waals surface area contributed by atoms with Crippen molar-refractivity contribution in [1.29, 1.82) is 0 Å². The maximum absolute atomic E-state index is 11.9. The van der Waals surface area contributed by atoms with Gasteiger partial charge < -0.3 is 48.9 Å². The molecule has 3 aromatic carbocycles. The molecule has 12 N–H and O–H groups in total. The van der Waals surface area contributed by atoms with Gasteiger partial charge in [-0.1, -0.05) is 84.4 Å². The van der Waals surface area contributed by atoms with Crippen molar-refractivity contribution in [2.24, 2.45) is 0 Å². The summed E-state index contributed by atoms with van der Waals surface area (Å²) in [5, 5.41) is 22.8. The summed E-state index contributed by atoms with van der Waals surface area (Å²) in [6.07, 6.45) is 25.0. The van der Waals surface area contributed by atoms with Crippen LogP contribution in [-0.2, 0) is 4.74 Å². The molecule has 0 aliphatic carbocycles. The summed E-state index contributed by atoms with van der Waals surface area (Å²) >= 11 is 12.6. The Morgan fingerprint density at radius 2 is 0.824 bits per heavy atom. The van der Waals surface area contributed by atoms with Crippen molar-refractivity contribution in [3.63, 3.8) is 0 Å². The summed E-state index contributed by atoms with van der Waals surface area (Å²) in [7, 11) is 0. The molecule has 19 rings (SSSR count). The van der Waals surface area contributed by atoms with Gasteiger partial charge in [0, 0.05) is 90.6 Å². The van der Waals surface area contributed by atoms with E-state index in [4.69, 9.17) is 59.2 Å². The normalized spacial score (nSPS) is 17.4. The third-order valence-electron chi connectivity index (χ3n) is 20.4. The number of imidazole rings is 4. The van der Waals surface area contributed by atoms with E-state index in [2.05, 4.69) is 156 Å². The fourth-order valence-corrected chi connectivity index (χ4v) is 18.4. The molecule has 15 aromatic rings. The zero-order valence-corrected chi connectivity index (χ0v) is 63.7. The molecular formula is C81H83ClN20O2S4. The van der Waals surface area contributed by atoms with Crippen LogP contribution < -0.4 is 44.2 Å². The number of ether oxygens (including phenoxy) is 1. The molecule has 550 valence electrons. The zero-order chi connectivity index (χ0) is 73.6. The number of esters is 1. The average molecular weight is 1530 g/mol. The molecule has 0 bridgehead atoms. The minimum Gasteiger partial charge on any atom is -0.462 e. The van der Waals surface area contributed by atoms with Crippen LogP contribution in [0.25, 0.3) is 98.3 Å². The Kier molecular flexibility index (Phi) is 21.8. The second-order valence-corrected chi connectivity index (χ2v) is 31.5. The van der Waals surface area contributed by atoms with Crippen LogP contribution in [0.5, 0.6) is 0 Å². The molecule has 4 aliphatic heterocycles.